The first-order chi connectivity index (χ1) is 20.3. The molecule has 0 amide bonds. The number of quaternary nitrogens is 2. The van der Waals surface area contributed by atoms with Gasteiger partial charge in [-0.25, -0.2) is 15.2 Å². The van der Waals surface area contributed by atoms with Gasteiger partial charge in [-0.3, -0.25) is 0 Å². The average Bonchev–Trinajstić information content (AvgIpc) is 3.33. The lowest BCUT2D eigenvalue weighted by Crippen LogP contribution is -3.00. The normalized spacial score (nSPS) is 30.9. The Morgan fingerprint density at radius 2 is 1.70 bits per heavy atom. The minimum atomic E-state index is -1.30. The maximum absolute atomic E-state index is 13.0. The van der Waals surface area contributed by atoms with E-state index in [0.717, 1.165) is 35.8 Å². The van der Waals surface area contributed by atoms with Crippen LogP contribution < -0.4 is 10.5 Å². The van der Waals surface area contributed by atoms with E-state index in [2.05, 4.69) is 65.5 Å². The Bertz CT molecular complexity index is 1240. The first kappa shape index (κ1) is 33.3. The number of allylic oxidation sites excluding steroid dienone is 6. The molecule has 0 bridgehead atoms. The topological polar surface area (TPSA) is 122 Å². The van der Waals surface area contributed by atoms with Crippen LogP contribution in [0, 0.1) is 45.4 Å². The molecule has 1 aromatic rings. The van der Waals surface area contributed by atoms with Crippen molar-refractivity contribution in [2.45, 2.75) is 92.1 Å². The zero-order valence-electron chi connectivity index (χ0n) is 26.4. The summed E-state index contributed by atoms with van der Waals surface area (Å²) in [5, 5.41) is 39.0. The van der Waals surface area contributed by atoms with E-state index in [1.807, 2.05) is 0 Å². The van der Waals surface area contributed by atoms with Crippen LogP contribution in [0.4, 0.5) is 11.4 Å². The van der Waals surface area contributed by atoms with Crippen molar-refractivity contribution < 1.29 is 30.4 Å². The second-order valence-electron chi connectivity index (χ2n) is 13.7. The summed E-state index contributed by atoms with van der Waals surface area (Å²) in [6.07, 6.45) is 16.9. The monoisotopic (exact) mass is 594 g/mol. The van der Waals surface area contributed by atoms with Crippen LogP contribution >= 0.6 is 0 Å². The number of ether oxygens (including phenoxy) is 1. The summed E-state index contributed by atoms with van der Waals surface area (Å²) in [6, 6.07) is 3.36. The van der Waals surface area contributed by atoms with Gasteiger partial charge in [0.1, 0.15) is 6.10 Å². The van der Waals surface area contributed by atoms with E-state index >= 15 is 0 Å². The molecule has 4 N–H and O–H groups in total. The minimum Gasteiger partial charge on any atom is -0.595 e. The molecule has 0 heterocycles. The smallest absolute Gasteiger partial charge is 0.338 e. The number of nitrogens with one attached hydrogen (secondary N) is 2. The predicted molar refractivity (Wildman–Crippen MR) is 167 cm³/mol. The number of fused-ring (bicyclic) bond motifs is 1. The highest BCUT2D eigenvalue weighted by molar-refractivity contribution is 5.91. The van der Waals surface area contributed by atoms with Crippen LogP contribution in [0.5, 0.6) is 0 Å². The summed E-state index contributed by atoms with van der Waals surface area (Å²) in [5.41, 5.74) is 3.34. The Kier molecular flexibility index (Phi) is 10.9. The number of hydrogen-bond acceptors (Lipinski definition) is 6. The fourth-order valence-electron chi connectivity index (χ4n) is 7.54. The van der Waals surface area contributed by atoms with E-state index in [1.165, 1.54) is 31.3 Å². The van der Waals surface area contributed by atoms with Gasteiger partial charge >= 0.3 is 5.97 Å². The molecule has 0 aromatic heterocycles. The van der Waals surface area contributed by atoms with Crippen LogP contribution in [-0.4, -0.2) is 22.5 Å². The van der Waals surface area contributed by atoms with Gasteiger partial charge in [-0.2, -0.15) is 10.5 Å². The van der Waals surface area contributed by atoms with E-state index in [4.69, 9.17) is 4.74 Å². The van der Waals surface area contributed by atoms with Crippen molar-refractivity contribution in [3.05, 3.63) is 81.8 Å². The number of hydrogen-bond donors (Lipinski definition) is 4. The Hall–Kier alpha value is -2.59. The van der Waals surface area contributed by atoms with Gasteiger partial charge in [0, 0.05) is 18.6 Å². The SMILES string of the molecule is C=C1CC[C@@H](OC(=O)c2cc([NH+]([O-])O)cc([NH+]([O-])O)c2)CC1=CC=C1CCC[C@@]2(C)[C@@H]1CC[C@@H]2[C@H](C)C=C[C@H](C)C(C)C. The fourth-order valence-corrected chi connectivity index (χ4v) is 7.54. The zero-order valence-corrected chi connectivity index (χ0v) is 26.4. The van der Waals surface area contributed by atoms with E-state index in [-0.39, 0.29) is 16.9 Å². The van der Waals surface area contributed by atoms with Crippen molar-refractivity contribution in [3.63, 3.8) is 0 Å². The van der Waals surface area contributed by atoms with E-state index in [9.17, 15) is 25.6 Å². The highest BCUT2D eigenvalue weighted by Gasteiger charge is 2.50. The zero-order chi connectivity index (χ0) is 31.5. The molecule has 0 saturated heterocycles. The van der Waals surface area contributed by atoms with Crippen LogP contribution in [0.3, 0.4) is 0 Å². The number of benzene rings is 1. The van der Waals surface area contributed by atoms with Gasteiger partial charge in [-0.05, 0) is 85.5 Å². The summed E-state index contributed by atoms with van der Waals surface area (Å²) in [5.74, 6) is 2.34. The molecule has 3 aliphatic rings. The van der Waals surface area contributed by atoms with Gasteiger partial charge in [-0.15, -0.1) is 0 Å². The number of carbonyl (C=O) groups is 1. The van der Waals surface area contributed by atoms with Crippen molar-refractivity contribution in [1.29, 1.82) is 0 Å². The van der Waals surface area contributed by atoms with Gasteiger partial charge in [0.25, 0.3) is 0 Å². The summed E-state index contributed by atoms with van der Waals surface area (Å²) in [6.45, 7) is 16.1. The summed E-state index contributed by atoms with van der Waals surface area (Å²) in [7, 11) is 0. The Balaban J connectivity index is 1.46. The van der Waals surface area contributed by atoms with Crippen molar-refractivity contribution >= 4 is 17.3 Å². The Morgan fingerprint density at radius 1 is 1.02 bits per heavy atom. The van der Waals surface area contributed by atoms with Crippen LogP contribution in [0.15, 0.2) is 65.8 Å². The predicted octanol–water partition coefficient (Wildman–Crippen LogP) is 6.31. The third kappa shape index (κ3) is 7.74. The Labute approximate surface area is 256 Å². The lowest BCUT2D eigenvalue weighted by molar-refractivity contribution is -0.996. The second-order valence-corrected chi connectivity index (χ2v) is 13.7. The molecule has 0 aliphatic heterocycles. The van der Waals surface area contributed by atoms with Gasteiger partial charge < -0.3 is 15.2 Å². The fraction of sp³-hybridized carbons (Fsp3) is 0.571. The van der Waals surface area contributed by atoms with Gasteiger partial charge in [-0.1, -0.05) is 76.6 Å². The van der Waals surface area contributed by atoms with E-state index in [0.29, 0.717) is 54.3 Å². The van der Waals surface area contributed by atoms with Crippen LogP contribution in [0.1, 0.15) is 96.3 Å². The molecular formula is C35H50N2O6. The van der Waals surface area contributed by atoms with Gasteiger partial charge in [0.2, 0.25) is 0 Å². The third-order valence-corrected chi connectivity index (χ3v) is 10.5. The van der Waals surface area contributed by atoms with Crippen LogP contribution in [0.25, 0.3) is 0 Å². The van der Waals surface area contributed by atoms with Crippen LogP contribution in [-0.2, 0) is 4.74 Å². The first-order valence-electron chi connectivity index (χ1n) is 15.9. The molecule has 8 atom stereocenters. The first-order valence-corrected chi connectivity index (χ1v) is 15.9. The summed E-state index contributed by atoms with van der Waals surface area (Å²) in [4.78, 5) is 13.0. The maximum Gasteiger partial charge on any atom is 0.338 e. The molecule has 4 rings (SSSR count). The highest BCUT2D eigenvalue weighted by atomic mass is 16.8. The lowest BCUT2D eigenvalue weighted by Gasteiger charge is -2.44. The molecule has 8 heteroatoms. The lowest BCUT2D eigenvalue weighted by atomic mass is 9.61. The van der Waals surface area contributed by atoms with E-state index < -0.39 is 22.5 Å². The average molecular weight is 595 g/mol. The molecule has 236 valence electrons. The molecule has 3 aliphatic carbocycles. The molecule has 0 spiro atoms. The quantitative estimate of drug-likeness (QED) is 0.151. The largest absolute Gasteiger partial charge is 0.595 e. The number of esters is 1. The summed E-state index contributed by atoms with van der Waals surface area (Å²) < 4.78 is 5.76. The number of rotatable bonds is 9. The number of carbonyl (C=O) groups excluding carboxylic acids is 1. The second kappa shape index (κ2) is 14.0. The molecule has 0 radical (unpaired) electrons. The minimum absolute atomic E-state index is 0.0747. The molecular weight excluding hydrogens is 544 g/mol. The van der Waals surface area contributed by atoms with Gasteiger partial charge in [0.05, 0.1) is 11.6 Å². The molecule has 3 saturated carbocycles. The summed E-state index contributed by atoms with van der Waals surface area (Å²) >= 11 is 0. The standard InChI is InChI=1S/C35H50N2O6/c1-22(2)23(3)9-10-25(5)32-15-16-33-26(8-7-17-35(32,33)6)12-13-27-20-31(14-11-24(27)4)43-34(38)28-18-29(36(39)40)21-30(19-28)37(41)42/h9-10,12-13,18-19,21-23,25,31-33,36-37,39,41H,4,7-8,11,14-17,20H2,1-3,5-6H3/t23-,25+,31+,32+,33+,35+/m0/s1. The van der Waals surface area contributed by atoms with Crippen molar-refractivity contribution in [3.8, 4) is 0 Å². The van der Waals surface area contributed by atoms with Gasteiger partial charge in [0.15, 0.2) is 11.4 Å². The molecule has 3 fully saturated rings. The Morgan fingerprint density at radius 3 is 2.33 bits per heavy atom. The highest BCUT2D eigenvalue weighted by Crippen LogP contribution is 2.59. The molecule has 43 heavy (non-hydrogen) atoms. The molecule has 2 unspecified atom stereocenters. The van der Waals surface area contributed by atoms with Crippen molar-refractivity contribution in [1.82, 2.24) is 0 Å². The van der Waals surface area contributed by atoms with Crippen LogP contribution in [0.2, 0.25) is 0 Å². The third-order valence-electron chi connectivity index (χ3n) is 10.5. The van der Waals surface area contributed by atoms with E-state index in [1.54, 1.807) is 0 Å². The van der Waals surface area contributed by atoms with Crippen molar-refractivity contribution in [2.75, 3.05) is 0 Å². The molecule has 8 nitrogen and oxygen atoms in total. The molecule has 1 aromatic carbocycles. The van der Waals surface area contributed by atoms with Crippen molar-refractivity contribution in [2.24, 2.45) is 35.0 Å². The maximum atomic E-state index is 13.0.